The molecule has 0 aliphatic heterocycles. The Morgan fingerprint density at radius 3 is 2.39 bits per heavy atom. The first-order valence-electron chi connectivity index (χ1n) is 5.75. The van der Waals surface area contributed by atoms with Gasteiger partial charge in [0.1, 0.15) is 12.3 Å². The van der Waals surface area contributed by atoms with Gasteiger partial charge < -0.3 is 19.6 Å². The summed E-state index contributed by atoms with van der Waals surface area (Å²) in [6, 6.07) is -0.136. The van der Waals surface area contributed by atoms with Gasteiger partial charge in [-0.05, 0) is 6.04 Å². The molecule has 0 radical (unpaired) electrons. The zero-order valence-corrected chi connectivity index (χ0v) is 12.3. The van der Waals surface area contributed by atoms with Crippen molar-refractivity contribution in [1.29, 1.82) is 0 Å². The molecule has 0 rings (SSSR count). The Balaban J connectivity index is 4.10. The van der Waals surface area contributed by atoms with Crippen LogP contribution in [0.15, 0.2) is 0 Å². The molecule has 7 heteroatoms. The number of amides is 1. The minimum atomic E-state index is -1.26. The largest absolute Gasteiger partial charge is 0.467 e. The summed E-state index contributed by atoms with van der Waals surface area (Å²) in [6.45, 7) is 6.81. The van der Waals surface area contributed by atoms with Gasteiger partial charge >= 0.3 is 12.1 Å². The van der Waals surface area contributed by atoms with Crippen molar-refractivity contribution in [1.82, 2.24) is 5.32 Å². The highest BCUT2D eigenvalue weighted by Gasteiger charge is 2.22. The van der Waals surface area contributed by atoms with E-state index in [1.165, 1.54) is 7.11 Å². The maximum atomic E-state index is 11.4. The predicted octanol–water partition coefficient (Wildman–Crippen LogP) is 1.18. The van der Waals surface area contributed by atoms with Crippen LogP contribution in [-0.4, -0.2) is 46.2 Å². The highest BCUT2D eigenvalue weighted by molar-refractivity contribution is 6.76. The van der Waals surface area contributed by atoms with Crippen LogP contribution in [0.1, 0.15) is 6.42 Å². The molecular weight excluding hydrogens is 254 g/mol. The second kappa shape index (κ2) is 7.86. The molecule has 1 amide bonds. The molecule has 0 fully saturated rings. The third-order valence-corrected chi connectivity index (χ3v) is 3.90. The van der Waals surface area contributed by atoms with Gasteiger partial charge in [0, 0.05) is 14.5 Å². The summed E-state index contributed by atoms with van der Waals surface area (Å²) in [7, 11) is -0.0679. The SMILES string of the molecule is COC(=O)[C@H](CC=O)NC(=O)OCC[Si](C)(C)C. The van der Waals surface area contributed by atoms with Gasteiger partial charge in [0.15, 0.2) is 0 Å². The quantitative estimate of drug-likeness (QED) is 0.428. The van der Waals surface area contributed by atoms with Crippen LogP contribution >= 0.6 is 0 Å². The number of methoxy groups -OCH3 is 1. The van der Waals surface area contributed by atoms with Crippen molar-refractivity contribution in [2.24, 2.45) is 0 Å². The number of esters is 1. The first-order valence-corrected chi connectivity index (χ1v) is 9.45. The van der Waals surface area contributed by atoms with E-state index in [4.69, 9.17) is 4.74 Å². The van der Waals surface area contributed by atoms with E-state index in [2.05, 4.69) is 29.7 Å². The molecule has 1 atom stereocenters. The van der Waals surface area contributed by atoms with Crippen molar-refractivity contribution >= 4 is 26.4 Å². The summed E-state index contributed by atoms with van der Waals surface area (Å²) in [5.74, 6) is -0.663. The molecule has 1 N–H and O–H groups in total. The fourth-order valence-corrected chi connectivity index (χ4v) is 1.80. The van der Waals surface area contributed by atoms with Crippen LogP contribution in [0.3, 0.4) is 0 Å². The Kier molecular flexibility index (Phi) is 7.26. The average molecular weight is 275 g/mol. The number of aldehydes is 1. The highest BCUT2D eigenvalue weighted by Crippen LogP contribution is 2.07. The maximum Gasteiger partial charge on any atom is 0.407 e. The van der Waals surface area contributed by atoms with Crippen LogP contribution in [0.5, 0.6) is 0 Å². The van der Waals surface area contributed by atoms with Gasteiger partial charge in [-0.1, -0.05) is 19.6 Å². The third kappa shape index (κ3) is 7.83. The topological polar surface area (TPSA) is 81.7 Å². The lowest BCUT2D eigenvalue weighted by Gasteiger charge is -2.17. The van der Waals surface area contributed by atoms with E-state index >= 15 is 0 Å². The smallest absolute Gasteiger partial charge is 0.407 e. The van der Waals surface area contributed by atoms with E-state index in [1.807, 2.05) is 0 Å². The summed E-state index contributed by atoms with van der Waals surface area (Å²) >= 11 is 0. The Morgan fingerprint density at radius 2 is 1.94 bits per heavy atom. The van der Waals surface area contributed by atoms with Crippen LogP contribution in [0.25, 0.3) is 0 Å². The molecule has 0 saturated heterocycles. The van der Waals surface area contributed by atoms with Crippen LogP contribution in [-0.2, 0) is 19.1 Å². The maximum absolute atomic E-state index is 11.4. The first-order chi connectivity index (χ1) is 8.30. The molecule has 104 valence electrons. The van der Waals surface area contributed by atoms with Gasteiger partial charge in [-0.2, -0.15) is 0 Å². The lowest BCUT2D eigenvalue weighted by molar-refractivity contribution is -0.143. The second-order valence-electron chi connectivity index (χ2n) is 5.07. The second-order valence-corrected chi connectivity index (χ2v) is 10.7. The fourth-order valence-electron chi connectivity index (χ4n) is 1.09. The summed E-state index contributed by atoms with van der Waals surface area (Å²) in [5.41, 5.74) is 0. The lowest BCUT2D eigenvalue weighted by Crippen LogP contribution is -2.42. The van der Waals surface area contributed by atoms with Crippen molar-refractivity contribution in [3.63, 3.8) is 0 Å². The van der Waals surface area contributed by atoms with E-state index in [0.29, 0.717) is 12.9 Å². The number of ether oxygens (including phenoxy) is 2. The Bertz CT molecular complexity index is 300. The molecular formula is C11H21NO5Si. The van der Waals surface area contributed by atoms with E-state index in [9.17, 15) is 14.4 Å². The van der Waals surface area contributed by atoms with Gasteiger partial charge in [0.25, 0.3) is 0 Å². The zero-order chi connectivity index (χ0) is 14.2. The standard InChI is InChI=1S/C11H21NO5Si/c1-16-10(14)9(5-6-13)12-11(15)17-7-8-18(2,3)4/h6,9H,5,7-8H2,1-4H3,(H,12,15)/t9-/m0/s1. The van der Waals surface area contributed by atoms with Crippen molar-refractivity contribution in [2.75, 3.05) is 13.7 Å². The number of hydrogen-bond donors (Lipinski definition) is 1. The van der Waals surface area contributed by atoms with Gasteiger partial charge in [0.05, 0.1) is 13.7 Å². The van der Waals surface area contributed by atoms with E-state index in [0.717, 1.165) is 6.04 Å². The number of carbonyl (C=O) groups excluding carboxylic acids is 3. The zero-order valence-electron chi connectivity index (χ0n) is 11.3. The number of hydrogen-bond acceptors (Lipinski definition) is 5. The van der Waals surface area contributed by atoms with Crippen LogP contribution in [0.4, 0.5) is 4.79 Å². The molecule has 0 aromatic rings. The van der Waals surface area contributed by atoms with Crippen LogP contribution in [0.2, 0.25) is 25.7 Å². The molecule has 0 aromatic carbocycles. The molecule has 6 nitrogen and oxygen atoms in total. The van der Waals surface area contributed by atoms with E-state index in [1.54, 1.807) is 0 Å². The van der Waals surface area contributed by atoms with Crippen molar-refractivity contribution in [2.45, 2.75) is 38.1 Å². The Morgan fingerprint density at radius 1 is 1.33 bits per heavy atom. The van der Waals surface area contributed by atoms with Crippen molar-refractivity contribution in [3.8, 4) is 0 Å². The molecule has 0 spiro atoms. The van der Waals surface area contributed by atoms with Crippen molar-refractivity contribution < 1.29 is 23.9 Å². The summed E-state index contributed by atoms with van der Waals surface area (Å²) in [6.07, 6.45) is -0.287. The van der Waals surface area contributed by atoms with Gasteiger partial charge in [-0.15, -0.1) is 0 Å². The first kappa shape index (κ1) is 16.6. The molecule has 0 unspecified atom stereocenters. The Labute approximate surface area is 108 Å². The van der Waals surface area contributed by atoms with Crippen molar-refractivity contribution in [3.05, 3.63) is 0 Å². The summed E-state index contributed by atoms with van der Waals surface area (Å²) in [5, 5.41) is 2.30. The number of rotatable bonds is 7. The van der Waals surface area contributed by atoms with Gasteiger partial charge in [0.2, 0.25) is 0 Å². The van der Waals surface area contributed by atoms with Gasteiger partial charge in [-0.3, -0.25) is 0 Å². The third-order valence-electron chi connectivity index (χ3n) is 2.19. The number of carbonyl (C=O) groups is 3. The molecule has 0 bridgehead atoms. The number of alkyl carbamates (subject to hydrolysis) is 1. The summed E-state index contributed by atoms with van der Waals surface area (Å²) < 4.78 is 9.41. The Hall–Kier alpha value is -1.37. The van der Waals surface area contributed by atoms with E-state index in [-0.39, 0.29) is 6.42 Å². The fraction of sp³-hybridized carbons (Fsp3) is 0.727. The highest BCUT2D eigenvalue weighted by atomic mass is 28.3. The minimum absolute atomic E-state index is 0.129. The molecule has 18 heavy (non-hydrogen) atoms. The normalized spacial score (nSPS) is 12.4. The van der Waals surface area contributed by atoms with Crippen LogP contribution in [0, 0.1) is 0 Å². The molecule has 0 saturated carbocycles. The van der Waals surface area contributed by atoms with Crippen LogP contribution < -0.4 is 5.32 Å². The monoisotopic (exact) mass is 275 g/mol. The predicted molar refractivity (Wildman–Crippen MR) is 69.1 cm³/mol. The summed E-state index contributed by atoms with van der Waals surface area (Å²) in [4.78, 5) is 33.0. The van der Waals surface area contributed by atoms with E-state index < -0.39 is 26.2 Å². The number of nitrogens with one attached hydrogen (secondary N) is 1. The molecule has 0 heterocycles. The average Bonchev–Trinajstić information content (AvgIpc) is 2.25. The lowest BCUT2D eigenvalue weighted by atomic mass is 10.2. The minimum Gasteiger partial charge on any atom is -0.467 e. The molecule has 0 aromatic heterocycles. The van der Waals surface area contributed by atoms with Gasteiger partial charge in [-0.25, -0.2) is 9.59 Å². The molecule has 0 aliphatic carbocycles. The molecule has 0 aliphatic rings.